The Bertz CT molecular complexity index is 796. The van der Waals surface area contributed by atoms with Crippen molar-refractivity contribution in [3.63, 3.8) is 0 Å². The highest BCUT2D eigenvalue weighted by molar-refractivity contribution is 7.99. The first-order valence-electron chi connectivity index (χ1n) is 7.60. The molecule has 10 heteroatoms. The molecule has 1 aromatic heterocycles. The number of rotatable bonds is 6. The first-order chi connectivity index (χ1) is 12.1. The molecule has 0 saturated heterocycles. The minimum Gasteiger partial charge on any atom is -0.415 e. The molecule has 0 bridgehead atoms. The Balaban J connectivity index is 1.68. The van der Waals surface area contributed by atoms with Gasteiger partial charge in [-0.15, -0.1) is 10.2 Å². The van der Waals surface area contributed by atoms with Gasteiger partial charge in [-0.2, -0.15) is 11.8 Å². The zero-order chi connectivity index (χ0) is 17.8. The number of carbonyl (C=O) groups is 1. The van der Waals surface area contributed by atoms with Crippen LogP contribution in [-0.4, -0.2) is 39.6 Å². The van der Waals surface area contributed by atoms with E-state index in [4.69, 9.17) is 4.42 Å². The molecule has 3 rings (SSSR count). The molecule has 0 atom stereocenters. The van der Waals surface area contributed by atoms with Crippen molar-refractivity contribution in [1.82, 2.24) is 10.2 Å². The molecular formula is C15H16N4O4S2. The average Bonchev–Trinajstić information content (AvgIpc) is 3.06. The van der Waals surface area contributed by atoms with Gasteiger partial charge >= 0.3 is 0 Å². The molecule has 2 aromatic rings. The van der Waals surface area contributed by atoms with E-state index >= 15 is 0 Å². The largest absolute Gasteiger partial charge is 0.415 e. The maximum absolute atomic E-state index is 12.6. The molecular weight excluding hydrogens is 364 g/mol. The van der Waals surface area contributed by atoms with Crippen molar-refractivity contribution in [2.24, 2.45) is 0 Å². The summed E-state index contributed by atoms with van der Waals surface area (Å²) >= 11 is 2.78. The van der Waals surface area contributed by atoms with Gasteiger partial charge in [-0.25, -0.2) is 0 Å². The number of benzene rings is 1. The van der Waals surface area contributed by atoms with Gasteiger partial charge in [0.2, 0.25) is 11.8 Å². The van der Waals surface area contributed by atoms with Crippen LogP contribution >= 0.6 is 23.5 Å². The van der Waals surface area contributed by atoms with Gasteiger partial charge < -0.3 is 9.32 Å². The number of nitro groups is 1. The summed E-state index contributed by atoms with van der Waals surface area (Å²) in [5, 5.41) is 19.1. The van der Waals surface area contributed by atoms with Crippen LogP contribution in [0.4, 0.5) is 11.4 Å². The third-order valence-corrected chi connectivity index (χ3v) is 5.07. The smallest absolute Gasteiger partial charge is 0.277 e. The van der Waals surface area contributed by atoms with E-state index in [-0.39, 0.29) is 17.3 Å². The van der Waals surface area contributed by atoms with Crippen molar-refractivity contribution in [3.8, 4) is 0 Å². The quantitative estimate of drug-likeness (QED) is 0.428. The van der Waals surface area contributed by atoms with Gasteiger partial charge in [0.05, 0.1) is 16.4 Å². The Labute approximate surface area is 152 Å². The summed E-state index contributed by atoms with van der Waals surface area (Å²) in [6.45, 7) is 0.603. The second-order valence-corrected chi connectivity index (χ2v) is 7.20. The fourth-order valence-corrected chi connectivity index (χ4v) is 3.66. The predicted molar refractivity (Wildman–Crippen MR) is 96.0 cm³/mol. The number of nitrogens with zero attached hydrogens (tertiary/aromatic N) is 4. The van der Waals surface area contributed by atoms with Crippen LogP contribution in [0, 0.1) is 10.1 Å². The highest BCUT2D eigenvalue weighted by Crippen LogP contribution is 2.31. The van der Waals surface area contributed by atoms with Crippen LogP contribution in [0.15, 0.2) is 27.8 Å². The van der Waals surface area contributed by atoms with Gasteiger partial charge in [0.25, 0.3) is 10.9 Å². The lowest BCUT2D eigenvalue weighted by molar-refractivity contribution is -0.384. The number of fused-ring (bicyclic) bond motifs is 1. The van der Waals surface area contributed by atoms with Gasteiger partial charge in [-0.1, -0.05) is 11.8 Å². The van der Waals surface area contributed by atoms with Crippen LogP contribution in [0.3, 0.4) is 0 Å². The summed E-state index contributed by atoms with van der Waals surface area (Å²) < 4.78 is 5.45. The van der Waals surface area contributed by atoms with E-state index in [1.165, 1.54) is 17.8 Å². The predicted octanol–water partition coefficient (Wildman–Crippen LogP) is 2.91. The molecule has 1 aliphatic rings. The van der Waals surface area contributed by atoms with Crippen molar-refractivity contribution in [2.45, 2.75) is 23.8 Å². The number of hydrogen-bond donors (Lipinski definition) is 0. The molecule has 25 heavy (non-hydrogen) atoms. The highest BCUT2D eigenvalue weighted by Gasteiger charge is 2.24. The number of thioether (sulfide) groups is 2. The monoisotopic (exact) mass is 380 g/mol. The number of carbonyl (C=O) groups excluding carboxylic acids is 1. The van der Waals surface area contributed by atoms with E-state index in [9.17, 15) is 14.9 Å². The first-order valence-corrected chi connectivity index (χ1v) is 9.98. The van der Waals surface area contributed by atoms with Crippen LogP contribution in [0.5, 0.6) is 0 Å². The summed E-state index contributed by atoms with van der Waals surface area (Å²) in [4.78, 5) is 24.7. The Morgan fingerprint density at radius 3 is 3.04 bits per heavy atom. The molecule has 0 aliphatic carbocycles. The van der Waals surface area contributed by atoms with Crippen LogP contribution in [0.1, 0.15) is 17.9 Å². The van der Waals surface area contributed by atoms with Crippen molar-refractivity contribution >= 4 is 40.8 Å². The number of nitro benzene ring substituents is 1. The first kappa shape index (κ1) is 17.7. The second kappa shape index (κ2) is 7.87. The minimum absolute atomic E-state index is 0.0506. The van der Waals surface area contributed by atoms with Gasteiger partial charge in [0.15, 0.2) is 0 Å². The SMILES string of the molecule is CSCc1nnc(SCC(=O)N2CCCc3cc([N+](=O)[O-])ccc32)o1. The molecule has 8 nitrogen and oxygen atoms in total. The molecule has 1 amide bonds. The lowest BCUT2D eigenvalue weighted by atomic mass is 10.0. The zero-order valence-electron chi connectivity index (χ0n) is 13.5. The number of amides is 1. The summed E-state index contributed by atoms with van der Waals surface area (Å²) in [5.74, 6) is 1.28. The topological polar surface area (TPSA) is 102 Å². The Morgan fingerprint density at radius 2 is 2.28 bits per heavy atom. The maximum Gasteiger partial charge on any atom is 0.277 e. The molecule has 0 unspecified atom stereocenters. The normalized spacial score (nSPS) is 13.6. The van der Waals surface area contributed by atoms with Crippen molar-refractivity contribution in [1.29, 1.82) is 0 Å². The van der Waals surface area contributed by atoms with Crippen LogP contribution in [0.2, 0.25) is 0 Å². The Morgan fingerprint density at radius 1 is 1.44 bits per heavy atom. The van der Waals surface area contributed by atoms with E-state index in [0.717, 1.165) is 24.1 Å². The maximum atomic E-state index is 12.6. The molecule has 0 fully saturated rings. The summed E-state index contributed by atoms with van der Waals surface area (Å²) in [6, 6.07) is 4.64. The van der Waals surface area contributed by atoms with E-state index in [2.05, 4.69) is 10.2 Å². The standard InChI is InChI=1S/C15H16N4O4S2/c1-24-8-13-16-17-15(23-13)25-9-14(20)18-6-2-3-10-7-11(19(21)22)4-5-12(10)18/h4-5,7H,2-3,6,8-9H2,1H3. The molecule has 132 valence electrons. The summed E-state index contributed by atoms with van der Waals surface area (Å²) in [6.07, 6.45) is 3.46. The van der Waals surface area contributed by atoms with Crippen LogP contribution < -0.4 is 4.90 Å². The van der Waals surface area contributed by atoms with Gasteiger partial charge in [0, 0.05) is 24.4 Å². The number of aromatic nitrogens is 2. The summed E-state index contributed by atoms with van der Waals surface area (Å²) in [7, 11) is 0. The third-order valence-electron chi connectivity index (χ3n) is 3.73. The average molecular weight is 380 g/mol. The lowest BCUT2D eigenvalue weighted by Crippen LogP contribution is -2.36. The van der Waals surface area contributed by atoms with E-state index in [0.29, 0.717) is 23.4 Å². The molecule has 0 saturated carbocycles. The van der Waals surface area contributed by atoms with Gasteiger partial charge in [0.1, 0.15) is 0 Å². The number of aryl methyl sites for hydroxylation is 1. The Kier molecular flexibility index (Phi) is 5.59. The Hall–Kier alpha value is -2.07. The van der Waals surface area contributed by atoms with Crippen molar-refractivity contribution in [3.05, 3.63) is 39.8 Å². The lowest BCUT2D eigenvalue weighted by Gasteiger charge is -2.29. The molecule has 1 aromatic carbocycles. The molecule has 2 heterocycles. The van der Waals surface area contributed by atoms with E-state index < -0.39 is 4.92 Å². The third kappa shape index (κ3) is 4.13. The number of anilines is 1. The molecule has 0 radical (unpaired) electrons. The molecule has 1 aliphatic heterocycles. The fraction of sp³-hybridized carbons (Fsp3) is 0.400. The second-order valence-electron chi connectivity index (χ2n) is 5.40. The van der Waals surface area contributed by atoms with Crippen LogP contribution in [0.25, 0.3) is 0 Å². The highest BCUT2D eigenvalue weighted by atomic mass is 32.2. The van der Waals surface area contributed by atoms with Crippen LogP contribution in [-0.2, 0) is 17.0 Å². The fourth-order valence-electron chi connectivity index (χ4n) is 2.64. The zero-order valence-corrected chi connectivity index (χ0v) is 15.1. The van der Waals surface area contributed by atoms with Gasteiger partial charge in [-0.05, 0) is 30.7 Å². The van der Waals surface area contributed by atoms with E-state index in [1.807, 2.05) is 6.26 Å². The molecule has 0 spiro atoms. The van der Waals surface area contributed by atoms with E-state index in [1.54, 1.807) is 28.8 Å². The van der Waals surface area contributed by atoms with Crippen molar-refractivity contribution < 1.29 is 14.1 Å². The van der Waals surface area contributed by atoms with Crippen molar-refractivity contribution in [2.75, 3.05) is 23.5 Å². The molecule has 0 N–H and O–H groups in total. The minimum atomic E-state index is -0.418. The van der Waals surface area contributed by atoms with Gasteiger partial charge in [-0.3, -0.25) is 14.9 Å². The number of hydrogen-bond acceptors (Lipinski definition) is 8. The summed E-state index contributed by atoms with van der Waals surface area (Å²) in [5.41, 5.74) is 1.63. The number of non-ortho nitro benzene ring substituents is 1.